The molecule has 35 heavy (non-hydrogen) atoms. The molecule has 0 aliphatic heterocycles. The fourth-order valence-corrected chi connectivity index (χ4v) is 6.01. The minimum Gasteiger partial charge on any atom is -0.354 e. The van der Waals surface area contributed by atoms with Crippen LogP contribution in [0.15, 0.2) is 109 Å². The lowest BCUT2D eigenvalue weighted by Gasteiger charge is -2.22. The number of aromatic nitrogens is 1. The van der Waals surface area contributed by atoms with Gasteiger partial charge in [0.2, 0.25) is 0 Å². The Balaban J connectivity index is 1.21. The number of fused-ring (bicyclic) bond motifs is 6. The van der Waals surface area contributed by atoms with Crippen molar-refractivity contribution in [1.29, 1.82) is 0 Å². The topological polar surface area (TPSA) is 15.8 Å². The largest absolute Gasteiger partial charge is 0.354 e. The van der Waals surface area contributed by atoms with Crippen LogP contribution >= 0.6 is 0 Å². The van der Waals surface area contributed by atoms with E-state index in [1.54, 1.807) is 0 Å². The second kappa shape index (κ2) is 7.45. The average molecular weight is 450 g/mol. The van der Waals surface area contributed by atoms with Gasteiger partial charge in [0.05, 0.1) is 5.52 Å². The summed E-state index contributed by atoms with van der Waals surface area (Å²) in [4.78, 5) is 3.64. The van der Waals surface area contributed by atoms with E-state index in [2.05, 4.69) is 128 Å². The van der Waals surface area contributed by atoms with Crippen LogP contribution in [0.3, 0.4) is 0 Å². The second-order valence-electron chi connectivity index (χ2n) is 10.3. The zero-order chi connectivity index (χ0) is 23.6. The van der Waals surface area contributed by atoms with Crippen molar-refractivity contribution in [3.8, 4) is 22.3 Å². The van der Waals surface area contributed by atoms with Gasteiger partial charge in [-0.1, -0.05) is 117 Å². The van der Waals surface area contributed by atoms with Gasteiger partial charge in [0.1, 0.15) is 0 Å². The Morgan fingerprint density at radius 1 is 0.571 bits per heavy atom. The zero-order valence-electron chi connectivity index (χ0n) is 20.1. The van der Waals surface area contributed by atoms with E-state index in [0.717, 1.165) is 6.42 Å². The summed E-state index contributed by atoms with van der Waals surface area (Å²) in [6.07, 6.45) is 0.941. The number of hydrogen-bond donors (Lipinski definition) is 1. The third-order valence-corrected chi connectivity index (χ3v) is 7.86. The monoisotopic (exact) mass is 449 g/mol. The lowest BCUT2D eigenvalue weighted by molar-refractivity contribution is 0.659. The Bertz CT molecular complexity index is 1730. The van der Waals surface area contributed by atoms with Crippen molar-refractivity contribution in [1.82, 2.24) is 4.98 Å². The van der Waals surface area contributed by atoms with E-state index < -0.39 is 0 Å². The second-order valence-corrected chi connectivity index (χ2v) is 10.3. The molecule has 5 aromatic carbocycles. The first-order valence-electron chi connectivity index (χ1n) is 12.4. The van der Waals surface area contributed by atoms with E-state index in [0.29, 0.717) is 0 Å². The smallest absolute Gasteiger partial charge is 0.0544 e. The van der Waals surface area contributed by atoms with Crippen LogP contribution in [-0.2, 0) is 11.8 Å². The molecule has 1 aliphatic rings. The van der Waals surface area contributed by atoms with Gasteiger partial charge in [-0.15, -0.1) is 0 Å². The van der Waals surface area contributed by atoms with E-state index in [1.165, 1.54) is 66.3 Å². The van der Waals surface area contributed by atoms with Gasteiger partial charge in [0.25, 0.3) is 0 Å². The number of H-pyrrole nitrogens is 1. The molecular weight excluding hydrogens is 422 g/mol. The fraction of sp³-hybridized carbons (Fsp3) is 0.118. The molecule has 0 bridgehead atoms. The van der Waals surface area contributed by atoms with Gasteiger partial charge in [-0.05, 0) is 51.4 Å². The van der Waals surface area contributed by atoms with Crippen molar-refractivity contribution in [3.63, 3.8) is 0 Å². The molecule has 1 heteroatoms. The van der Waals surface area contributed by atoms with E-state index in [4.69, 9.17) is 0 Å². The van der Waals surface area contributed by atoms with Crippen molar-refractivity contribution in [2.24, 2.45) is 0 Å². The SMILES string of the molecule is CC1(C)c2ccccc2-c2ccc(Cc3ccc(-c4cccc5c4[nH]c4ccccc45)cc3)cc21. The van der Waals surface area contributed by atoms with Crippen molar-refractivity contribution < 1.29 is 0 Å². The molecule has 0 radical (unpaired) electrons. The molecule has 6 aromatic rings. The summed E-state index contributed by atoms with van der Waals surface area (Å²) in [5.41, 5.74) is 13.3. The third-order valence-electron chi connectivity index (χ3n) is 7.86. The van der Waals surface area contributed by atoms with Gasteiger partial charge < -0.3 is 4.98 Å². The lowest BCUT2D eigenvalue weighted by atomic mass is 9.81. The molecule has 0 spiro atoms. The van der Waals surface area contributed by atoms with Gasteiger partial charge in [-0.3, -0.25) is 0 Å². The predicted octanol–water partition coefficient (Wildman–Crippen LogP) is 8.89. The first kappa shape index (κ1) is 20.3. The summed E-state index contributed by atoms with van der Waals surface area (Å²) in [6, 6.07) is 40.1. The highest BCUT2D eigenvalue weighted by atomic mass is 14.7. The maximum Gasteiger partial charge on any atom is 0.0544 e. The minimum atomic E-state index is 0.0457. The Morgan fingerprint density at radius 3 is 2.14 bits per heavy atom. The van der Waals surface area contributed by atoms with E-state index >= 15 is 0 Å². The molecule has 1 heterocycles. The van der Waals surface area contributed by atoms with Crippen LogP contribution in [0.2, 0.25) is 0 Å². The van der Waals surface area contributed by atoms with Crippen molar-refractivity contribution in [2.75, 3.05) is 0 Å². The van der Waals surface area contributed by atoms with Gasteiger partial charge in [-0.25, -0.2) is 0 Å². The normalized spacial score (nSPS) is 13.8. The predicted molar refractivity (Wildman–Crippen MR) is 148 cm³/mol. The van der Waals surface area contributed by atoms with Gasteiger partial charge >= 0.3 is 0 Å². The van der Waals surface area contributed by atoms with Gasteiger partial charge in [0.15, 0.2) is 0 Å². The average Bonchev–Trinajstić information content (AvgIpc) is 3.38. The third kappa shape index (κ3) is 3.08. The number of benzene rings is 5. The summed E-state index contributed by atoms with van der Waals surface area (Å²) in [7, 11) is 0. The summed E-state index contributed by atoms with van der Waals surface area (Å²) >= 11 is 0. The van der Waals surface area contributed by atoms with Crippen LogP contribution in [0.1, 0.15) is 36.1 Å². The number of nitrogens with one attached hydrogen (secondary N) is 1. The molecule has 0 amide bonds. The summed E-state index contributed by atoms with van der Waals surface area (Å²) < 4.78 is 0. The van der Waals surface area contributed by atoms with Crippen LogP contribution in [0, 0.1) is 0 Å². The lowest BCUT2D eigenvalue weighted by Crippen LogP contribution is -2.15. The van der Waals surface area contributed by atoms with Crippen molar-refractivity contribution in [2.45, 2.75) is 25.7 Å². The maximum atomic E-state index is 3.64. The Labute approximate surface area is 206 Å². The van der Waals surface area contributed by atoms with Crippen LogP contribution in [0.5, 0.6) is 0 Å². The molecule has 0 saturated carbocycles. The standard InChI is InChI=1S/C34H27N/c1-34(2)30-12-5-3-8-26(30)27-19-16-23(21-31(27)34)20-22-14-17-24(18-15-22)25-10-7-11-29-28-9-4-6-13-32(28)35-33(25)29/h3-19,21,35H,20H2,1-2H3. The number of para-hydroxylation sites is 2. The highest BCUT2D eigenvalue weighted by molar-refractivity contribution is 6.11. The molecule has 0 atom stereocenters. The van der Waals surface area contributed by atoms with Gasteiger partial charge in [0, 0.05) is 27.3 Å². The zero-order valence-corrected chi connectivity index (χ0v) is 20.1. The van der Waals surface area contributed by atoms with Crippen molar-refractivity contribution in [3.05, 3.63) is 131 Å². The van der Waals surface area contributed by atoms with Crippen LogP contribution < -0.4 is 0 Å². The Hall–Kier alpha value is -4.10. The quantitative estimate of drug-likeness (QED) is 0.278. The van der Waals surface area contributed by atoms with E-state index in [1.807, 2.05) is 0 Å². The molecule has 168 valence electrons. The molecule has 1 nitrogen and oxygen atoms in total. The molecule has 1 aliphatic carbocycles. The molecule has 1 aromatic heterocycles. The highest BCUT2D eigenvalue weighted by Crippen LogP contribution is 2.48. The van der Waals surface area contributed by atoms with Crippen molar-refractivity contribution >= 4 is 21.8 Å². The highest BCUT2D eigenvalue weighted by Gasteiger charge is 2.35. The first-order chi connectivity index (χ1) is 17.1. The summed E-state index contributed by atoms with van der Waals surface area (Å²) in [5, 5.41) is 2.56. The van der Waals surface area contributed by atoms with Crippen LogP contribution in [0.4, 0.5) is 0 Å². The molecular formula is C34H27N. The molecule has 0 fully saturated rings. The molecule has 1 N–H and O–H groups in total. The number of rotatable bonds is 3. The van der Waals surface area contributed by atoms with E-state index in [-0.39, 0.29) is 5.41 Å². The summed E-state index contributed by atoms with van der Waals surface area (Å²) in [5.74, 6) is 0. The van der Waals surface area contributed by atoms with Crippen LogP contribution in [0.25, 0.3) is 44.1 Å². The fourth-order valence-electron chi connectivity index (χ4n) is 6.01. The number of aromatic amines is 1. The first-order valence-corrected chi connectivity index (χ1v) is 12.4. The maximum absolute atomic E-state index is 3.64. The number of hydrogen-bond acceptors (Lipinski definition) is 0. The Morgan fingerprint density at radius 2 is 1.26 bits per heavy atom. The van der Waals surface area contributed by atoms with E-state index in [9.17, 15) is 0 Å². The minimum absolute atomic E-state index is 0.0457. The molecule has 7 rings (SSSR count). The van der Waals surface area contributed by atoms with Crippen LogP contribution in [-0.4, -0.2) is 4.98 Å². The molecule has 0 unspecified atom stereocenters. The Kier molecular flexibility index (Phi) is 4.32. The molecule has 0 saturated heterocycles. The summed E-state index contributed by atoms with van der Waals surface area (Å²) in [6.45, 7) is 4.70. The van der Waals surface area contributed by atoms with Gasteiger partial charge in [-0.2, -0.15) is 0 Å².